The first kappa shape index (κ1) is 27.3. The predicted octanol–water partition coefficient (Wildman–Crippen LogP) is 5.26. The molecule has 2 aliphatic heterocycles. The van der Waals surface area contributed by atoms with Crippen LogP contribution >= 0.6 is 0 Å². The van der Waals surface area contributed by atoms with E-state index < -0.39 is 46.0 Å². The van der Waals surface area contributed by atoms with Gasteiger partial charge in [-0.25, -0.2) is 0 Å². The fourth-order valence-electron chi connectivity index (χ4n) is 4.89. The second-order valence-corrected chi connectivity index (χ2v) is 9.23. The van der Waals surface area contributed by atoms with Crippen molar-refractivity contribution < 1.29 is 41.2 Å². The Balaban J connectivity index is 1.60. The lowest BCUT2D eigenvalue weighted by Crippen LogP contribution is -2.47. The molecule has 0 bridgehead atoms. The molecule has 0 saturated carbocycles. The topological polar surface area (TPSA) is 90.2 Å². The molecule has 0 unspecified atom stereocenters. The summed E-state index contributed by atoms with van der Waals surface area (Å²) in [6.07, 6.45) is -8.95. The van der Waals surface area contributed by atoms with Crippen LogP contribution in [0.4, 0.5) is 49.1 Å². The molecule has 2 aliphatic rings. The van der Waals surface area contributed by atoms with Crippen molar-refractivity contribution in [2.24, 2.45) is 5.92 Å². The number of rotatable bonds is 5. The number of alkyl halides is 6. The van der Waals surface area contributed by atoms with Crippen molar-refractivity contribution in [3.05, 3.63) is 57.6 Å². The van der Waals surface area contributed by atoms with Gasteiger partial charge in [-0.05, 0) is 43.2 Å². The van der Waals surface area contributed by atoms with Crippen LogP contribution in [0.1, 0.15) is 24.0 Å². The number of nitro groups is 1. The Morgan fingerprint density at radius 3 is 1.82 bits per heavy atom. The molecule has 2 heterocycles. The molecule has 2 fully saturated rings. The van der Waals surface area contributed by atoms with Crippen molar-refractivity contribution in [2.45, 2.75) is 25.2 Å². The number of carbonyl (C=O) groups is 1. The third kappa shape index (κ3) is 5.73. The quantitative estimate of drug-likeness (QED) is 0.311. The Morgan fingerprint density at radius 2 is 1.34 bits per heavy atom. The lowest BCUT2D eigenvalue weighted by Gasteiger charge is -2.39. The maximum absolute atomic E-state index is 14.0. The monoisotopic (exact) mass is 546 g/mol. The van der Waals surface area contributed by atoms with Crippen LogP contribution in [0.15, 0.2) is 36.4 Å². The van der Waals surface area contributed by atoms with Crippen LogP contribution in [-0.4, -0.2) is 55.3 Å². The Hall–Kier alpha value is -3.71. The molecule has 0 atom stereocenters. The van der Waals surface area contributed by atoms with Crippen LogP contribution in [0.3, 0.4) is 0 Å². The largest absolute Gasteiger partial charge is 0.481 e. The molecule has 38 heavy (non-hydrogen) atoms. The van der Waals surface area contributed by atoms with Gasteiger partial charge in [0.15, 0.2) is 0 Å². The first-order chi connectivity index (χ1) is 17.8. The van der Waals surface area contributed by atoms with E-state index in [1.54, 1.807) is 9.80 Å². The minimum Gasteiger partial charge on any atom is -0.481 e. The number of carboxylic acids is 1. The number of piperidine rings is 1. The fourth-order valence-corrected chi connectivity index (χ4v) is 4.89. The number of halogens is 6. The molecule has 0 amide bonds. The number of piperazine rings is 1. The lowest BCUT2D eigenvalue weighted by atomic mass is 9.96. The van der Waals surface area contributed by atoms with E-state index in [2.05, 4.69) is 0 Å². The van der Waals surface area contributed by atoms with Gasteiger partial charge in [0, 0.05) is 51.0 Å². The summed E-state index contributed by atoms with van der Waals surface area (Å²) < 4.78 is 80.6. The average molecular weight is 546 g/mol. The molecule has 14 heteroatoms. The summed E-state index contributed by atoms with van der Waals surface area (Å²) in [7, 11) is 0. The van der Waals surface area contributed by atoms with Crippen LogP contribution in [0.5, 0.6) is 0 Å². The summed E-state index contributed by atoms with van der Waals surface area (Å²) in [6.45, 7) is 0.928. The van der Waals surface area contributed by atoms with Crippen molar-refractivity contribution in [2.75, 3.05) is 54.0 Å². The first-order valence-corrected chi connectivity index (χ1v) is 11.8. The van der Waals surface area contributed by atoms with Crippen molar-refractivity contribution in [1.82, 2.24) is 0 Å². The van der Waals surface area contributed by atoms with Crippen molar-refractivity contribution >= 4 is 28.7 Å². The highest BCUT2D eigenvalue weighted by Gasteiger charge is 2.40. The van der Waals surface area contributed by atoms with E-state index in [4.69, 9.17) is 0 Å². The summed E-state index contributed by atoms with van der Waals surface area (Å²) in [4.78, 5) is 26.9. The van der Waals surface area contributed by atoms with Crippen LogP contribution in [0.25, 0.3) is 0 Å². The SMILES string of the molecule is O=C(O)C1CCN(c2cc(N3CCN(c4ccc(C(F)(F)F)cc4)CC3)c(C(F)(F)F)cc2[N+](=O)[O-])CC1. The summed E-state index contributed by atoms with van der Waals surface area (Å²) in [5.74, 6) is -1.62. The van der Waals surface area contributed by atoms with Gasteiger partial charge in [0.2, 0.25) is 0 Å². The van der Waals surface area contributed by atoms with E-state index in [9.17, 15) is 46.4 Å². The molecular formula is C24H24F6N4O4. The van der Waals surface area contributed by atoms with Crippen molar-refractivity contribution in [3.8, 4) is 0 Å². The molecule has 2 saturated heterocycles. The van der Waals surface area contributed by atoms with Gasteiger partial charge >= 0.3 is 18.3 Å². The molecule has 1 N–H and O–H groups in total. The summed E-state index contributed by atoms with van der Waals surface area (Å²) >= 11 is 0. The van der Waals surface area contributed by atoms with Gasteiger partial charge < -0.3 is 19.8 Å². The lowest BCUT2D eigenvalue weighted by molar-refractivity contribution is -0.384. The molecule has 8 nitrogen and oxygen atoms in total. The summed E-state index contributed by atoms with van der Waals surface area (Å²) in [6, 6.07) is 6.18. The Morgan fingerprint density at radius 1 is 0.816 bits per heavy atom. The fraction of sp³-hybridized carbons (Fsp3) is 0.458. The van der Waals surface area contributed by atoms with Gasteiger partial charge in [0.25, 0.3) is 5.69 Å². The van der Waals surface area contributed by atoms with E-state index in [0.717, 1.165) is 18.2 Å². The molecular weight excluding hydrogens is 522 g/mol. The van der Waals surface area contributed by atoms with Crippen molar-refractivity contribution in [3.63, 3.8) is 0 Å². The van der Waals surface area contributed by atoms with Crippen LogP contribution in [0, 0.1) is 16.0 Å². The minimum atomic E-state index is -4.88. The number of benzene rings is 2. The van der Waals surface area contributed by atoms with Crippen LogP contribution in [0.2, 0.25) is 0 Å². The van der Waals surface area contributed by atoms with Gasteiger partial charge in [-0.2, -0.15) is 26.3 Å². The Bertz CT molecular complexity index is 1190. The Labute approximate surface area is 213 Å². The molecule has 206 valence electrons. The molecule has 0 aliphatic carbocycles. The van der Waals surface area contributed by atoms with E-state index in [-0.39, 0.29) is 63.5 Å². The smallest absolute Gasteiger partial charge is 0.418 e. The van der Waals surface area contributed by atoms with Gasteiger partial charge in [-0.3, -0.25) is 14.9 Å². The first-order valence-electron chi connectivity index (χ1n) is 11.8. The molecule has 0 spiro atoms. The average Bonchev–Trinajstić information content (AvgIpc) is 2.87. The summed E-state index contributed by atoms with van der Waals surface area (Å²) in [5, 5.41) is 20.9. The highest BCUT2D eigenvalue weighted by Crippen LogP contribution is 2.44. The number of nitrogens with zero attached hydrogens (tertiary/aromatic N) is 4. The van der Waals surface area contributed by atoms with E-state index >= 15 is 0 Å². The standard InChI is InChI=1S/C24H24F6N4O4/c25-23(26,27)16-1-3-17(4-2-16)31-9-11-33(12-10-31)19-14-20(32-7-5-15(6-8-32)22(35)36)21(34(37)38)13-18(19)24(28,29)30/h1-4,13-15H,5-12H2,(H,35,36). The number of carboxylic acid groups (broad SMARTS) is 1. The highest BCUT2D eigenvalue weighted by molar-refractivity contribution is 5.75. The predicted molar refractivity (Wildman–Crippen MR) is 127 cm³/mol. The number of hydrogen-bond donors (Lipinski definition) is 1. The molecule has 0 aromatic heterocycles. The molecule has 0 radical (unpaired) electrons. The minimum absolute atomic E-state index is 0.00740. The maximum atomic E-state index is 14.0. The van der Waals surface area contributed by atoms with Gasteiger partial charge in [-0.15, -0.1) is 0 Å². The van der Waals surface area contributed by atoms with Gasteiger partial charge in [0.1, 0.15) is 5.69 Å². The second kappa shape index (κ2) is 10.2. The molecule has 2 aromatic carbocycles. The second-order valence-electron chi connectivity index (χ2n) is 9.23. The van der Waals surface area contributed by atoms with E-state index in [0.29, 0.717) is 11.8 Å². The number of nitro benzene ring substituents is 1. The maximum Gasteiger partial charge on any atom is 0.418 e. The third-order valence-corrected chi connectivity index (χ3v) is 6.96. The van der Waals surface area contributed by atoms with Gasteiger partial charge in [0.05, 0.1) is 27.7 Å². The zero-order chi connectivity index (χ0) is 27.8. The van der Waals surface area contributed by atoms with E-state index in [1.807, 2.05) is 0 Å². The normalized spacial score (nSPS) is 17.6. The number of aliphatic carboxylic acids is 1. The number of hydrogen-bond acceptors (Lipinski definition) is 6. The third-order valence-electron chi connectivity index (χ3n) is 6.96. The molecule has 4 rings (SSSR count). The Kier molecular flexibility index (Phi) is 7.35. The number of anilines is 3. The van der Waals surface area contributed by atoms with Crippen molar-refractivity contribution in [1.29, 1.82) is 0 Å². The van der Waals surface area contributed by atoms with Crippen LogP contribution < -0.4 is 14.7 Å². The molecule has 2 aromatic rings. The summed E-state index contributed by atoms with van der Waals surface area (Å²) in [5.41, 5.74) is -2.41. The van der Waals surface area contributed by atoms with E-state index in [1.165, 1.54) is 17.0 Å². The zero-order valence-corrected chi connectivity index (χ0v) is 19.9. The van der Waals surface area contributed by atoms with Gasteiger partial charge in [-0.1, -0.05) is 0 Å². The highest BCUT2D eigenvalue weighted by atomic mass is 19.4. The van der Waals surface area contributed by atoms with Crippen LogP contribution in [-0.2, 0) is 17.1 Å². The zero-order valence-electron chi connectivity index (χ0n) is 19.9.